The summed E-state index contributed by atoms with van der Waals surface area (Å²) in [6, 6.07) is 15.1. The maximum Gasteiger partial charge on any atom is 0.255 e. The minimum atomic E-state index is -0.126. The molecule has 0 atom stereocenters. The van der Waals surface area contributed by atoms with Crippen LogP contribution in [0.15, 0.2) is 48.5 Å². The van der Waals surface area contributed by atoms with Crippen molar-refractivity contribution in [1.82, 2.24) is 14.8 Å². The molecule has 0 spiro atoms. The first-order chi connectivity index (χ1) is 11.0. The molecule has 1 N–H and O–H groups in total. The summed E-state index contributed by atoms with van der Waals surface area (Å²) < 4.78 is 1.95. The van der Waals surface area contributed by atoms with E-state index in [0.29, 0.717) is 5.56 Å². The molecule has 5 nitrogen and oxygen atoms in total. The Labute approximate surface area is 135 Å². The lowest BCUT2D eigenvalue weighted by Gasteiger charge is -2.09. The Morgan fingerprint density at radius 3 is 2.22 bits per heavy atom. The topological polar surface area (TPSA) is 59.8 Å². The Balaban J connectivity index is 1.81. The van der Waals surface area contributed by atoms with Crippen LogP contribution in [0, 0.1) is 20.8 Å². The molecule has 0 radical (unpaired) electrons. The lowest BCUT2D eigenvalue weighted by molar-refractivity contribution is 0.102. The van der Waals surface area contributed by atoms with Gasteiger partial charge < -0.3 is 5.32 Å². The van der Waals surface area contributed by atoms with Crippen molar-refractivity contribution in [3.63, 3.8) is 0 Å². The Bertz CT molecular complexity index is 830. The Hall–Kier alpha value is -2.95. The summed E-state index contributed by atoms with van der Waals surface area (Å²) in [4.78, 5) is 12.3. The third-order valence-corrected chi connectivity index (χ3v) is 3.65. The molecule has 1 aromatic heterocycles. The number of hydrogen-bond acceptors (Lipinski definition) is 3. The Morgan fingerprint density at radius 1 is 0.957 bits per heavy atom. The summed E-state index contributed by atoms with van der Waals surface area (Å²) in [6.07, 6.45) is 0. The number of anilines is 1. The first kappa shape index (κ1) is 15.0. The first-order valence-corrected chi connectivity index (χ1v) is 7.41. The molecule has 5 heteroatoms. The van der Waals surface area contributed by atoms with Crippen LogP contribution in [-0.2, 0) is 0 Å². The Kier molecular flexibility index (Phi) is 3.93. The highest BCUT2D eigenvalue weighted by Crippen LogP contribution is 2.15. The number of benzene rings is 2. The highest BCUT2D eigenvalue weighted by Gasteiger charge is 2.09. The van der Waals surface area contributed by atoms with Crippen molar-refractivity contribution < 1.29 is 4.79 Å². The largest absolute Gasteiger partial charge is 0.322 e. The molecule has 0 fully saturated rings. The van der Waals surface area contributed by atoms with Crippen molar-refractivity contribution >= 4 is 11.6 Å². The molecule has 1 amide bonds. The van der Waals surface area contributed by atoms with Gasteiger partial charge in [0, 0.05) is 16.9 Å². The van der Waals surface area contributed by atoms with E-state index in [4.69, 9.17) is 0 Å². The molecular weight excluding hydrogens is 288 g/mol. The molecule has 0 aliphatic carbocycles. The second-order valence-corrected chi connectivity index (χ2v) is 5.50. The van der Waals surface area contributed by atoms with Crippen LogP contribution in [0.25, 0.3) is 5.69 Å². The summed E-state index contributed by atoms with van der Waals surface area (Å²) in [6.45, 7) is 5.80. The van der Waals surface area contributed by atoms with Gasteiger partial charge in [0.05, 0.1) is 0 Å². The van der Waals surface area contributed by atoms with E-state index in [1.165, 1.54) is 0 Å². The molecule has 0 bridgehead atoms. The molecule has 0 saturated heterocycles. The van der Waals surface area contributed by atoms with Gasteiger partial charge in [-0.2, -0.15) is 0 Å². The van der Waals surface area contributed by atoms with E-state index in [-0.39, 0.29) is 5.91 Å². The molecule has 116 valence electrons. The third kappa shape index (κ3) is 3.13. The van der Waals surface area contributed by atoms with E-state index in [1.807, 2.05) is 61.7 Å². The molecule has 1 heterocycles. The van der Waals surface area contributed by atoms with Crippen LogP contribution in [0.5, 0.6) is 0 Å². The van der Waals surface area contributed by atoms with Crippen LogP contribution in [0.2, 0.25) is 0 Å². The number of rotatable bonds is 3. The van der Waals surface area contributed by atoms with E-state index in [9.17, 15) is 4.79 Å². The van der Waals surface area contributed by atoms with Crippen LogP contribution < -0.4 is 5.32 Å². The molecule has 3 aromatic rings. The molecule has 0 aliphatic heterocycles. The standard InChI is InChI=1S/C18H18N4O/c1-12-5-4-6-16(11-12)19-18(23)15-7-9-17(10-8-15)22-13(2)20-21-14(22)3/h4-11H,1-3H3,(H,19,23). The Morgan fingerprint density at radius 2 is 1.61 bits per heavy atom. The average molecular weight is 306 g/mol. The van der Waals surface area contributed by atoms with Gasteiger partial charge in [-0.15, -0.1) is 10.2 Å². The third-order valence-electron chi connectivity index (χ3n) is 3.65. The van der Waals surface area contributed by atoms with Crippen LogP contribution in [0.4, 0.5) is 5.69 Å². The predicted molar refractivity (Wildman–Crippen MR) is 90.0 cm³/mol. The normalized spacial score (nSPS) is 10.6. The van der Waals surface area contributed by atoms with Gasteiger partial charge in [0.25, 0.3) is 5.91 Å². The zero-order valence-electron chi connectivity index (χ0n) is 13.4. The van der Waals surface area contributed by atoms with Crippen molar-refractivity contribution in [1.29, 1.82) is 0 Å². The summed E-state index contributed by atoms with van der Waals surface area (Å²) in [5.41, 5.74) is 3.46. The summed E-state index contributed by atoms with van der Waals surface area (Å²) >= 11 is 0. The monoisotopic (exact) mass is 306 g/mol. The van der Waals surface area contributed by atoms with Crippen molar-refractivity contribution in [3.05, 3.63) is 71.3 Å². The smallest absolute Gasteiger partial charge is 0.255 e. The number of hydrogen-bond donors (Lipinski definition) is 1. The van der Waals surface area contributed by atoms with Gasteiger partial charge in [-0.25, -0.2) is 0 Å². The van der Waals surface area contributed by atoms with Crippen molar-refractivity contribution in [2.75, 3.05) is 5.32 Å². The quantitative estimate of drug-likeness (QED) is 0.806. The first-order valence-electron chi connectivity index (χ1n) is 7.41. The van der Waals surface area contributed by atoms with E-state index in [1.54, 1.807) is 12.1 Å². The second-order valence-electron chi connectivity index (χ2n) is 5.50. The number of nitrogens with zero attached hydrogens (tertiary/aromatic N) is 3. The lowest BCUT2D eigenvalue weighted by atomic mass is 10.1. The maximum absolute atomic E-state index is 12.3. The van der Waals surface area contributed by atoms with E-state index >= 15 is 0 Å². The van der Waals surface area contributed by atoms with E-state index < -0.39 is 0 Å². The number of nitrogens with one attached hydrogen (secondary N) is 1. The van der Waals surface area contributed by atoms with Gasteiger partial charge in [-0.3, -0.25) is 9.36 Å². The number of aryl methyl sites for hydroxylation is 3. The summed E-state index contributed by atoms with van der Waals surface area (Å²) in [7, 11) is 0. The number of amides is 1. The molecule has 2 aromatic carbocycles. The van der Waals surface area contributed by atoms with Crippen molar-refractivity contribution in [2.45, 2.75) is 20.8 Å². The van der Waals surface area contributed by atoms with Gasteiger partial charge >= 0.3 is 0 Å². The highest BCUT2D eigenvalue weighted by atomic mass is 16.1. The van der Waals surface area contributed by atoms with Gasteiger partial charge in [0.2, 0.25) is 0 Å². The minimum Gasteiger partial charge on any atom is -0.322 e. The molecule has 0 saturated carbocycles. The summed E-state index contributed by atoms with van der Waals surface area (Å²) in [5, 5.41) is 11.0. The fourth-order valence-electron chi connectivity index (χ4n) is 2.53. The zero-order chi connectivity index (χ0) is 16.4. The number of carbonyl (C=O) groups excluding carboxylic acids is 1. The van der Waals surface area contributed by atoms with E-state index in [0.717, 1.165) is 28.6 Å². The van der Waals surface area contributed by atoms with Crippen LogP contribution in [0.1, 0.15) is 27.6 Å². The van der Waals surface area contributed by atoms with Gasteiger partial charge in [0.1, 0.15) is 11.6 Å². The zero-order valence-corrected chi connectivity index (χ0v) is 13.4. The molecular formula is C18H18N4O. The molecule has 3 rings (SSSR count). The van der Waals surface area contributed by atoms with Gasteiger partial charge in [-0.05, 0) is 62.7 Å². The minimum absolute atomic E-state index is 0.126. The number of aromatic nitrogens is 3. The predicted octanol–water partition coefficient (Wildman–Crippen LogP) is 3.44. The second kappa shape index (κ2) is 6.04. The fraction of sp³-hybridized carbons (Fsp3) is 0.167. The van der Waals surface area contributed by atoms with Gasteiger partial charge in [-0.1, -0.05) is 12.1 Å². The highest BCUT2D eigenvalue weighted by molar-refractivity contribution is 6.04. The van der Waals surface area contributed by atoms with E-state index in [2.05, 4.69) is 15.5 Å². The lowest BCUT2D eigenvalue weighted by Crippen LogP contribution is -2.12. The number of carbonyl (C=O) groups is 1. The van der Waals surface area contributed by atoms with Crippen LogP contribution in [-0.4, -0.2) is 20.7 Å². The molecule has 23 heavy (non-hydrogen) atoms. The fourth-order valence-corrected chi connectivity index (χ4v) is 2.53. The van der Waals surface area contributed by atoms with Gasteiger partial charge in [0.15, 0.2) is 0 Å². The average Bonchev–Trinajstić information content (AvgIpc) is 2.86. The van der Waals surface area contributed by atoms with Crippen LogP contribution in [0.3, 0.4) is 0 Å². The van der Waals surface area contributed by atoms with Crippen LogP contribution >= 0.6 is 0 Å². The molecule has 0 aliphatic rings. The SMILES string of the molecule is Cc1cccc(NC(=O)c2ccc(-n3c(C)nnc3C)cc2)c1. The van der Waals surface area contributed by atoms with Crippen molar-refractivity contribution in [3.8, 4) is 5.69 Å². The summed E-state index contributed by atoms with van der Waals surface area (Å²) in [5.74, 6) is 1.51. The van der Waals surface area contributed by atoms with Crippen molar-refractivity contribution in [2.24, 2.45) is 0 Å². The maximum atomic E-state index is 12.3. The molecule has 0 unspecified atom stereocenters.